The van der Waals surface area contributed by atoms with Crippen LogP contribution in [0.15, 0.2) is 170 Å². The zero-order valence-corrected chi connectivity index (χ0v) is 29.1. The molecule has 0 aliphatic rings. The lowest BCUT2D eigenvalue weighted by atomic mass is 9.93. The highest BCUT2D eigenvalue weighted by Crippen LogP contribution is 2.41. The van der Waals surface area contributed by atoms with Gasteiger partial charge in [-0.2, -0.15) is 8.75 Å². The largest absolute Gasteiger partial charge is 0.255 e. The molecule has 0 spiro atoms. The first-order valence-electron chi connectivity index (χ1n) is 17.4. The number of fused-ring (bicyclic) bond motifs is 5. The molecule has 0 atom stereocenters. The second-order valence-corrected chi connectivity index (χ2v) is 13.4. The van der Waals surface area contributed by atoms with Gasteiger partial charge in [0.1, 0.15) is 11.0 Å². The Morgan fingerprint density at radius 2 is 0.943 bits per heavy atom. The molecule has 0 bridgehead atoms. The Labute approximate surface area is 309 Å². The van der Waals surface area contributed by atoms with Gasteiger partial charge in [-0.1, -0.05) is 109 Å². The maximum absolute atomic E-state index is 5.25. The third-order valence-corrected chi connectivity index (χ3v) is 10.2. The van der Waals surface area contributed by atoms with Crippen LogP contribution >= 0.6 is 11.7 Å². The van der Waals surface area contributed by atoms with Crippen LogP contribution in [0.1, 0.15) is 0 Å². The summed E-state index contributed by atoms with van der Waals surface area (Å²) in [5, 5.41) is 3.23. The molecule has 53 heavy (non-hydrogen) atoms. The van der Waals surface area contributed by atoms with Crippen LogP contribution in [0.5, 0.6) is 0 Å². The van der Waals surface area contributed by atoms with E-state index in [0.717, 1.165) is 100 Å². The number of para-hydroxylation sites is 1. The van der Waals surface area contributed by atoms with Crippen LogP contribution < -0.4 is 0 Å². The monoisotopic (exact) mass is 696 g/mol. The predicted octanol–water partition coefficient (Wildman–Crippen LogP) is 11.6. The SMILES string of the molecule is c1ccc(-c2cc3c(-c4ccc(-c5ccc(-c6cc(-c7ccccn7)nc(-c7ccccn7)c6)cc5)cc4)nc4ccccc4c3c3nsnc23)cc1. The van der Waals surface area contributed by atoms with Crippen LogP contribution in [0.25, 0.3) is 100 Å². The molecule has 5 aromatic heterocycles. The van der Waals surface area contributed by atoms with Gasteiger partial charge < -0.3 is 0 Å². The minimum Gasteiger partial charge on any atom is -0.255 e. The van der Waals surface area contributed by atoms with Crippen LogP contribution in [-0.4, -0.2) is 28.7 Å². The fourth-order valence-electron chi connectivity index (χ4n) is 7.09. The minimum absolute atomic E-state index is 0.806. The van der Waals surface area contributed by atoms with E-state index in [-0.39, 0.29) is 0 Å². The topological polar surface area (TPSA) is 77.3 Å². The second kappa shape index (κ2) is 13.0. The van der Waals surface area contributed by atoms with E-state index in [2.05, 4.69) is 119 Å². The molecule has 10 aromatic rings. The quantitative estimate of drug-likeness (QED) is 0.161. The summed E-state index contributed by atoms with van der Waals surface area (Å²) >= 11 is 1.26. The average molecular weight is 697 g/mol. The van der Waals surface area contributed by atoms with Crippen molar-refractivity contribution in [2.75, 3.05) is 0 Å². The number of benzene rings is 5. The van der Waals surface area contributed by atoms with Crippen molar-refractivity contribution in [1.82, 2.24) is 28.7 Å². The van der Waals surface area contributed by atoms with Crippen LogP contribution in [0.3, 0.4) is 0 Å². The molecule has 0 N–H and O–H groups in total. The molecule has 0 aliphatic heterocycles. The maximum Gasteiger partial charge on any atom is 0.114 e. The first kappa shape index (κ1) is 30.8. The third-order valence-electron chi connectivity index (χ3n) is 9.67. The number of hydrogen-bond acceptors (Lipinski definition) is 7. The zero-order chi connectivity index (χ0) is 35.1. The van der Waals surface area contributed by atoms with Crippen molar-refractivity contribution in [2.24, 2.45) is 0 Å². The molecule has 0 saturated carbocycles. The molecule has 0 fully saturated rings. The van der Waals surface area contributed by atoms with Gasteiger partial charge in [0.05, 0.1) is 45.7 Å². The number of pyridine rings is 4. The summed E-state index contributed by atoms with van der Waals surface area (Å²) in [7, 11) is 0. The van der Waals surface area contributed by atoms with Gasteiger partial charge in [-0.3, -0.25) is 9.97 Å². The van der Waals surface area contributed by atoms with E-state index < -0.39 is 0 Å². The Morgan fingerprint density at radius 3 is 1.58 bits per heavy atom. The molecule has 0 unspecified atom stereocenters. The van der Waals surface area contributed by atoms with Crippen molar-refractivity contribution in [1.29, 1.82) is 0 Å². The molecule has 0 saturated heterocycles. The Kier molecular flexibility index (Phi) is 7.55. The average Bonchev–Trinajstić information content (AvgIpc) is 3.74. The lowest BCUT2D eigenvalue weighted by Crippen LogP contribution is -1.94. The fraction of sp³-hybridized carbons (Fsp3) is 0. The smallest absolute Gasteiger partial charge is 0.114 e. The lowest BCUT2D eigenvalue weighted by Gasteiger charge is -2.13. The van der Waals surface area contributed by atoms with E-state index in [1.807, 2.05) is 48.5 Å². The first-order chi connectivity index (χ1) is 26.3. The molecular formula is C46H28N6S. The Hall–Kier alpha value is -6.96. The number of rotatable bonds is 6. The van der Waals surface area contributed by atoms with Crippen molar-refractivity contribution in [2.45, 2.75) is 0 Å². The van der Waals surface area contributed by atoms with Gasteiger partial charge in [0, 0.05) is 39.7 Å². The maximum atomic E-state index is 5.25. The van der Waals surface area contributed by atoms with E-state index in [0.29, 0.717) is 0 Å². The summed E-state index contributed by atoms with van der Waals surface area (Å²) in [4.78, 5) is 19.3. The molecule has 6 nitrogen and oxygen atoms in total. The standard InChI is InChI=1S/C46H28N6S/c1-2-10-32(11-3-1)36-28-37-43(46-45(36)51-53-52-46)35-12-4-5-13-38(35)50-44(37)33-22-20-30(21-23-33)29-16-18-31(19-17-29)34-26-41(39-14-6-8-24-47-39)49-42(27-34)40-15-7-9-25-48-40/h1-28H. The van der Waals surface area contributed by atoms with Crippen LogP contribution in [0, 0.1) is 0 Å². The van der Waals surface area contributed by atoms with Gasteiger partial charge in [-0.25, -0.2) is 9.97 Å². The molecule has 248 valence electrons. The first-order valence-corrected chi connectivity index (χ1v) is 18.1. The Balaban J connectivity index is 1.04. The lowest BCUT2D eigenvalue weighted by molar-refractivity contribution is 1.22. The minimum atomic E-state index is 0.806. The molecule has 0 aliphatic carbocycles. The highest BCUT2D eigenvalue weighted by atomic mass is 32.1. The summed E-state index contributed by atoms with van der Waals surface area (Å²) in [5.41, 5.74) is 14.6. The molecule has 0 amide bonds. The highest BCUT2D eigenvalue weighted by molar-refractivity contribution is 7.00. The van der Waals surface area contributed by atoms with E-state index in [4.69, 9.17) is 18.7 Å². The summed E-state index contributed by atoms with van der Waals surface area (Å²) < 4.78 is 9.60. The summed E-state index contributed by atoms with van der Waals surface area (Å²) in [5.74, 6) is 0. The number of nitrogens with zero attached hydrogens (tertiary/aromatic N) is 6. The van der Waals surface area contributed by atoms with Crippen molar-refractivity contribution in [3.05, 3.63) is 170 Å². The molecule has 0 radical (unpaired) electrons. The molecule has 5 heterocycles. The Bertz CT molecular complexity index is 2850. The van der Waals surface area contributed by atoms with Crippen LogP contribution in [0.4, 0.5) is 0 Å². The van der Waals surface area contributed by atoms with Crippen molar-refractivity contribution in [3.63, 3.8) is 0 Å². The highest BCUT2D eigenvalue weighted by Gasteiger charge is 2.19. The molecule has 7 heteroatoms. The fourth-order valence-corrected chi connectivity index (χ4v) is 7.65. The normalized spacial score (nSPS) is 11.4. The predicted molar refractivity (Wildman–Crippen MR) is 216 cm³/mol. The van der Waals surface area contributed by atoms with Crippen LogP contribution in [0.2, 0.25) is 0 Å². The third kappa shape index (κ3) is 5.60. The summed E-state index contributed by atoms with van der Waals surface area (Å²) in [6.07, 6.45) is 3.59. The molecule has 5 aromatic carbocycles. The summed E-state index contributed by atoms with van der Waals surface area (Å²) in [6.45, 7) is 0. The van der Waals surface area contributed by atoms with Gasteiger partial charge in [-0.15, -0.1) is 0 Å². The van der Waals surface area contributed by atoms with Gasteiger partial charge in [-0.05, 0) is 76.3 Å². The second-order valence-electron chi connectivity index (χ2n) is 12.9. The van der Waals surface area contributed by atoms with Gasteiger partial charge in [0.25, 0.3) is 0 Å². The molecule has 10 rings (SSSR count). The van der Waals surface area contributed by atoms with E-state index in [1.54, 1.807) is 12.4 Å². The van der Waals surface area contributed by atoms with Gasteiger partial charge in [0.2, 0.25) is 0 Å². The van der Waals surface area contributed by atoms with Crippen molar-refractivity contribution in [3.8, 4) is 67.4 Å². The van der Waals surface area contributed by atoms with E-state index in [1.165, 1.54) is 11.7 Å². The zero-order valence-electron chi connectivity index (χ0n) is 28.3. The van der Waals surface area contributed by atoms with Crippen molar-refractivity contribution < 1.29 is 0 Å². The van der Waals surface area contributed by atoms with Crippen molar-refractivity contribution >= 4 is 44.4 Å². The van der Waals surface area contributed by atoms with Gasteiger partial charge >= 0.3 is 0 Å². The van der Waals surface area contributed by atoms with Crippen LogP contribution in [-0.2, 0) is 0 Å². The molecular weight excluding hydrogens is 669 g/mol. The Morgan fingerprint density at radius 1 is 0.377 bits per heavy atom. The van der Waals surface area contributed by atoms with E-state index in [9.17, 15) is 0 Å². The summed E-state index contributed by atoms with van der Waals surface area (Å²) in [6, 6.07) is 54.3. The van der Waals surface area contributed by atoms with E-state index >= 15 is 0 Å². The number of aromatic nitrogens is 6. The van der Waals surface area contributed by atoms with Gasteiger partial charge in [0.15, 0.2) is 0 Å². The number of hydrogen-bond donors (Lipinski definition) is 0.